The van der Waals surface area contributed by atoms with Crippen molar-refractivity contribution in [1.29, 1.82) is 5.26 Å². The SMILES string of the molecule is N#Cc1ccc(NCC2CCSCC2)c2ccccc12. The van der Waals surface area contributed by atoms with E-state index in [-0.39, 0.29) is 0 Å². The van der Waals surface area contributed by atoms with Crippen molar-refractivity contribution in [1.82, 2.24) is 0 Å². The molecule has 0 saturated carbocycles. The number of hydrogen-bond acceptors (Lipinski definition) is 3. The lowest BCUT2D eigenvalue weighted by Crippen LogP contribution is -2.19. The van der Waals surface area contributed by atoms with E-state index in [1.165, 1.54) is 24.3 Å². The molecule has 1 N–H and O–H groups in total. The Kier molecular flexibility index (Phi) is 4.13. The Bertz CT molecular complexity index is 639. The van der Waals surface area contributed by atoms with Crippen LogP contribution >= 0.6 is 11.8 Å². The zero-order valence-electron chi connectivity index (χ0n) is 11.4. The van der Waals surface area contributed by atoms with Crippen LogP contribution in [0.5, 0.6) is 0 Å². The van der Waals surface area contributed by atoms with Crippen LogP contribution in [0.3, 0.4) is 0 Å². The van der Waals surface area contributed by atoms with E-state index in [2.05, 4.69) is 29.2 Å². The molecule has 1 aliphatic heterocycles. The Labute approximate surface area is 124 Å². The summed E-state index contributed by atoms with van der Waals surface area (Å²) in [5, 5.41) is 15.0. The number of nitrogens with zero attached hydrogens (tertiary/aromatic N) is 1. The molecule has 20 heavy (non-hydrogen) atoms. The first-order valence-corrected chi connectivity index (χ1v) is 8.27. The molecule has 0 aromatic heterocycles. The van der Waals surface area contributed by atoms with Gasteiger partial charge in [-0.2, -0.15) is 17.0 Å². The van der Waals surface area contributed by atoms with E-state index in [1.54, 1.807) is 0 Å². The van der Waals surface area contributed by atoms with E-state index < -0.39 is 0 Å². The zero-order chi connectivity index (χ0) is 13.8. The fourth-order valence-electron chi connectivity index (χ4n) is 2.76. The number of hydrogen-bond donors (Lipinski definition) is 1. The highest BCUT2D eigenvalue weighted by molar-refractivity contribution is 7.99. The van der Waals surface area contributed by atoms with Crippen LogP contribution in [-0.4, -0.2) is 18.1 Å². The number of nitriles is 1. The summed E-state index contributed by atoms with van der Waals surface area (Å²) in [5.41, 5.74) is 1.90. The number of thioether (sulfide) groups is 1. The quantitative estimate of drug-likeness (QED) is 0.913. The van der Waals surface area contributed by atoms with Gasteiger partial charge in [-0.05, 0) is 42.4 Å². The van der Waals surface area contributed by atoms with Gasteiger partial charge < -0.3 is 5.32 Å². The molecule has 3 rings (SSSR count). The minimum absolute atomic E-state index is 0.750. The Morgan fingerprint density at radius 3 is 2.60 bits per heavy atom. The van der Waals surface area contributed by atoms with E-state index >= 15 is 0 Å². The lowest BCUT2D eigenvalue weighted by Gasteiger charge is -2.22. The van der Waals surface area contributed by atoms with Gasteiger partial charge in [-0.3, -0.25) is 0 Å². The predicted molar refractivity (Wildman–Crippen MR) is 87.2 cm³/mol. The molecule has 0 aliphatic carbocycles. The van der Waals surface area contributed by atoms with Gasteiger partial charge in [0.05, 0.1) is 11.6 Å². The summed E-state index contributed by atoms with van der Waals surface area (Å²) in [5.74, 6) is 3.37. The van der Waals surface area contributed by atoms with Gasteiger partial charge in [0.2, 0.25) is 0 Å². The van der Waals surface area contributed by atoms with Crippen molar-refractivity contribution in [3.63, 3.8) is 0 Å². The summed E-state index contributed by atoms with van der Waals surface area (Å²) in [6.07, 6.45) is 2.62. The topological polar surface area (TPSA) is 35.8 Å². The van der Waals surface area contributed by atoms with Crippen molar-refractivity contribution in [3.05, 3.63) is 42.0 Å². The standard InChI is InChI=1S/C17H18N2S/c18-11-14-5-6-17(16-4-2-1-3-15(14)16)19-12-13-7-9-20-10-8-13/h1-6,13,19H,7-10,12H2. The molecule has 1 aliphatic rings. The summed E-state index contributed by atoms with van der Waals surface area (Å²) < 4.78 is 0. The van der Waals surface area contributed by atoms with Crippen molar-refractivity contribution in [2.24, 2.45) is 5.92 Å². The number of fused-ring (bicyclic) bond motifs is 1. The fraction of sp³-hybridized carbons (Fsp3) is 0.353. The lowest BCUT2D eigenvalue weighted by atomic mass is 10.0. The van der Waals surface area contributed by atoms with Crippen molar-refractivity contribution >= 4 is 28.2 Å². The molecule has 1 heterocycles. The second-order valence-electron chi connectivity index (χ2n) is 5.25. The minimum Gasteiger partial charge on any atom is -0.384 e. The van der Waals surface area contributed by atoms with Gasteiger partial charge in [-0.25, -0.2) is 0 Å². The molecule has 1 fully saturated rings. The molecule has 1 saturated heterocycles. The third kappa shape index (κ3) is 2.76. The molecular weight excluding hydrogens is 264 g/mol. The number of anilines is 1. The van der Waals surface area contributed by atoms with Crippen molar-refractivity contribution in [2.75, 3.05) is 23.4 Å². The average molecular weight is 282 g/mol. The van der Waals surface area contributed by atoms with E-state index in [0.29, 0.717) is 0 Å². The predicted octanol–water partition coefficient (Wildman–Crippen LogP) is 4.27. The fourth-order valence-corrected chi connectivity index (χ4v) is 3.96. The number of benzene rings is 2. The van der Waals surface area contributed by atoms with Crippen LogP contribution in [0.2, 0.25) is 0 Å². The molecule has 2 aromatic rings. The van der Waals surface area contributed by atoms with Crippen LogP contribution < -0.4 is 5.32 Å². The molecule has 0 radical (unpaired) electrons. The maximum absolute atomic E-state index is 9.19. The van der Waals surface area contributed by atoms with Crippen LogP contribution in [0.4, 0.5) is 5.69 Å². The zero-order valence-corrected chi connectivity index (χ0v) is 12.2. The van der Waals surface area contributed by atoms with Gasteiger partial charge in [-0.1, -0.05) is 24.3 Å². The smallest absolute Gasteiger partial charge is 0.0998 e. The van der Waals surface area contributed by atoms with E-state index in [0.717, 1.165) is 34.5 Å². The first-order chi connectivity index (χ1) is 9.88. The van der Waals surface area contributed by atoms with Crippen molar-refractivity contribution in [3.8, 4) is 6.07 Å². The Morgan fingerprint density at radius 2 is 1.85 bits per heavy atom. The van der Waals surface area contributed by atoms with Gasteiger partial charge in [0.15, 0.2) is 0 Å². The Morgan fingerprint density at radius 1 is 1.10 bits per heavy atom. The minimum atomic E-state index is 0.750. The lowest BCUT2D eigenvalue weighted by molar-refractivity contribution is 0.516. The second kappa shape index (κ2) is 6.19. The third-order valence-corrected chi connectivity index (χ3v) is 5.02. The molecule has 0 amide bonds. The van der Waals surface area contributed by atoms with Crippen LogP contribution in [0, 0.1) is 17.2 Å². The van der Waals surface area contributed by atoms with E-state index in [9.17, 15) is 5.26 Å². The van der Waals surface area contributed by atoms with Crippen LogP contribution in [0.1, 0.15) is 18.4 Å². The number of rotatable bonds is 3. The van der Waals surface area contributed by atoms with Crippen LogP contribution in [0.15, 0.2) is 36.4 Å². The maximum Gasteiger partial charge on any atom is 0.0998 e. The largest absolute Gasteiger partial charge is 0.384 e. The molecule has 0 spiro atoms. The van der Waals surface area contributed by atoms with Crippen LogP contribution in [-0.2, 0) is 0 Å². The summed E-state index contributed by atoms with van der Waals surface area (Å²) in [7, 11) is 0. The third-order valence-electron chi connectivity index (χ3n) is 3.97. The summed E-state index contributed by atoms with van der Waals surface area (Å²) in [4.78, 5) is 0. The molecular formula is C17H18N2S. The van der Waals surface area contributed by atoms with Crippen molar-refractivity contribution in [2.45, 2.75) is 12.8 Å². The highest BCUT2D eigenvalue weighted by Crippen LogP contribution is 2.28. The first-order valence-electron chi connectivity index (χ1n) is 7.12. The first kappa shape index (κ1) is 13.3. The van der Waals surface area contributed by atoms with E-state index in [1.807, 2.05) is 30.3 Å². The summed E-state index contributed by atoms with van der Waals surface area (Å²) in [6.45, 7) is 1.04. The molecule has 0 bridgehead atoms. The van der Waals surface area contributed by atoms with Gasteiger partial charge in [0, 0.05) is 23.0 Å². The Balaban J connectivity index is 1.83. The maximum atomic E-state index is 9.19. The molecule has 0 atom stereocenters. The van der Waals surface area contributed by atoms with Crippen molar-refractivity contribution < 1.29 is 0 Å². The van der Waals surface area contributed by atoms with Gasteiger partial charge in [0.25, 0.3) is 0 Å². The average Bonchev–Trinajstić information content (AvgIpc) is 2.53. The second-order valence-corrected chi connectivity index (χ2v) is 6.48. The van der Waals surface area contributed by atoms with Gasteiger partial charge in [-0.15, -0.1) is 0 Å². The van der Waals surface area contributed by atoms with Crippen LogP contribution in [0.25, 0.3) is 10.8 Å². The number of nitrogens with one attached hydrogen (secondary N) is 1. The van der Waals surface area contributed by atoms with E-state index in [4.69, 9.17) is 0 Å². The molecule has 0 unspecified atom stereocenters. The van der Waals surface area contributed by atoms with Gasteiger partial charge >= 0.3 is 0 Å². The summed E-state index contributed by atoms with van der Waals surface area (Å²) in [6, 6.07) is 14.4. The molecule has 2 aromatic carbocycles. The molecule has 102 valence electrons. The normalized spacial score (nSPS) is 15.9. The van der Waals surface area contributed by atoms with Gasteiger partial charge in [0.1, 0.15) is 0 Å². The highest BCUT2D eigenvalue weighted by Gasteiger charge is 2.14. The Hall–Kier alpha value is -1.66. The summed E-state index contributed by atoms with van der Waals surface area (Å²) >= 11 is 2.06. The highest BCUT2D eigenvalue weighted by atomic mass is 32.2. The monoisotopic (exact) mass is 282 g/mol. The molecule has 3 heteroatoms. The molecule has 2 nitrogen and oxygen atoms in total.